The smallest absolute Gasteiger partial charge is 0.274 e. The van der Waals surface area contributed by atoms with Crippen LogP contribution in [0.5, 0.6) is 0 Å². The average molecular weight is 536 g/mol. The lowest BCUT2D eigenvalue weighted by Gasteiger charge is -2.33. The van der Waals surface area contributed by atoms with Crippen molar-refractivity contribution in [2.45, 2.75) is 52.6 Å². The number of benzene rings is 3. The minimum atomic E-state index is -0.185. The topological polar surface area (TPSA) is 76.2 Å². The Morgan fingerprint density at radius 2 is 1.60 bits per heavy atom. The van der Waals surface area contributed by atoms with Crippen molar-refractivity contribution in [1.82, 2.24) is 14.7 Å². The third-order valence-electron chi connectivity index (χ3n) is 7.77. The summed E-state index contributed by atoms with van der Waals surface area (Å²) >= 11 is 0. The number of nitrogens with one attached hydrogen (secondary N) is 1. The second kappa shape index (κ2) is 12.2. The monoisotopic (exact) mass is 535 g/mol. The van der Waals surface area contributed by atoms with Gasteiger partial charge >= 0.3 is 0 Å². The van der Waals surface area contributed by atoms with Gasteiger partial charge in [-0.05, 0) is 91.5 Å². The van der Waals surface area contributed by atoms with Gasteiger partial charge in [0.25, 0.3) is 5.91 Å². The summed E-state index contributed by atoms with van der Waals surface area (Å²) in [5, 5.41) is 7.76. The molecule has 6 heteroatoms. The third kappa shape index (κ3) is 6.52. The standard InChI is InChI=1S/C33H37N5O.CH4/c1-23-17-31(38(36-23)30-12-5-7-26(18-30)20-34)33(39)35-29-11-6-10-28(19-29)32(27-8-3-2-4-9-27)37(21-24-13-14-24)22-25-15-16-25;/h2-12,17-19,24-25,32H,13-16,20-22,34H2,1H3,(H,35,39);1H4. The molecular weight excluding hydrogens is 494 g/mol. The van der Waals surface area contributed by atoms with Gasteiger partial charge in [-0.25, -0.2) is 4.68 Å². The van der Waals surface area contributed by atoms with E-state index in [9.17, 15) is 4.79 Å². The lowest BCUT2D eigenvalue weighted by atomic mass is 9.95. The van der Waals surface area contributed by atoms with E-state index in [0.717, 1.165) is 47.6 Å². The second-order valence-corrected chi connectivity index (χ2v) is 11.2. The van der Waals surface area contributed by atoms with E-state index in [1.54, 1.807) is 4.68 Å². The lowest BCUT2D eigenvalue weighted by molar-refractivity contribution is 0.101. The summed E-state index contributed by atoms with van der Waals surface area (Å²) in [6, 6.07) is 29.0. The fraction of sp³-hybridized carbons (Fsp3) is 0.353. The van der Waals surface area contributed by atoms with Crippen LogP contribution in [0, 0.1) is 18.8 Å². The first-order valence-corrected chi connectivity index (χ1v) is 14.1. The van der Waals surface area contributed by atoms with Crippen molar-refractivity contribution in [2.24, 2.45) is 17.6 Å². The molecule has 6 nitrogen and oxygen atoms in total. The molecule has 2 aliphatic rings. The van der Waals surface area contributed by atoms with Crippen LogP contribution in [0.3, 0.4) is 0 Å². The van der Waals surface area contributed by atoms with Crippen LogP contribution in [0.4, 0.5) is 5.69 Å². The maximum atomic E-state index is 13.6. The van der Waals surface area contributed by atoms with Crippen molar-refractivity contribution in [1.29, 1.82) is 0 Å². The molecule has 0 bridgehead atoms. The molecular formula is C34H41N5O. The molecule has 1 heterocycles. The number of aryl methyl sites for hydroxylation is 1. The van der Waals surface area contributed by atoms with Crippen LogP contribution >= 0.6 is 0 Å². The Morgan fingerprint density at radius 3 is 2.27 bits per heavy atom. The highest BCUT2D eigenvalue weighted by molar-refractivity contribution is 6.03. The molecule has 1 aromatic heterocycles. The van der Waals surface area contributed by atoms with Gasteiger partial charge in [-0.3, -0.25) is 9.69 Å². The van der Waals surface area contributed by atoms with Crippen molar-refractivity contribution in [2.75, 3.05) is 18.4 Å². The molecule has 1 atom stereocenters. The van der Waals surface area contributed by atoms with Crippen molar-refractivity contribution >= 4 is 11.6 Å². The molecule has 1 amide bonds. The van der Waals surface area contributed by atoms with Gasteiger partial charge in [0.1, 0.15) is 5.69 Å². The van der Waals surface area contributed by atoms with E-state index < -0.39 is 0 Å². The Bertz CT molecular complexity index is 1420. The summed E-state index contributed by atoms with van der Waals surface area (Å²) in [5.74, 6) is 1.42. The van der Waals surface area contributed by atoms with E-state index >= 15 is 0 Å². The molecule has 2 saturated carbocycles. The van der Waals surface area contributed by atoms with E-state index in [0.29, 0.717) is 12.2 Å². The van der Waals surface area contributed by atoms with Gasteiger partial charge in [0.15, 0.2) is 0 Å². The number of hydrogen-bond acceptors (Lipinski definition) is 4. The van der Waals surface area contributed by atoms with E-state index in [-0.39, 0.29) is 19.4 Å². The Kier molecular flexibility index (Phi) is 8.48. The fourth-order valence-electron chi connectivity index (χ4n) is 5.45. The van der Waals surface area contributed by atoms with Crippen LogP contribution in [0.2, 0.25) is 0 Å². The zero-order valence-corrected chi connectivity index (χ0v) is 22.6. The Hall–Kier alpha value is -3.74. The van der Waals surface area contributed by atoms with Crippen LogP contribution in [-0.2, 0) is 6.54 Å². The van der Waals surface area contributed by atoms with Crippen molar-refractivity contribution in [3.63, 3.8) is 0 Å². The summed E-state index contributed by atoms with van der Waals surface area (Å²) in [6.07, 6.45) is 5.33. The van der Waals surface area contributed by atoms with Gasteiger partial charge in [-0.1, -0.05) is 62.0 Å². The maximum Gasteiger partial charge on any atom is 0.274 e. The lowest BCUT2D eigenvalue weighted by Crippen LogP contribution is -2.33. The highest BCUT2D eigenvalue weighted by Gasteiger charge is 2.34. The molecule has 40 heavy (non-hydrogen) atoms. The number of nitrogens with two attached hydrogens (primary N) is 1. The zero-order valence-electron chi connectivity index (χ0n) is 22.6. The summed E-state index contributed by atoms with van der Waals surface area (Å²) in [5.41, 5.74) is 12.2. The SMILES string of the molecule is C.Cc1cc(C(=O)Nc2cccc(C(c3ccccc3)N(CC3CC3)CC3CC3)c2)n(-c2cccc(CN)c2)n1. The molecule has 6 rings (SSSR count). The van der Waals surface area contributed by atoms with Crippen LogP contribution in [-0.4, -0.2) is 33.7 Å². The second-order valence-electron chi connectivity index (χ2n) is 11.2. The number of anilines is 1. The zero-order chi connectivity index (χ0) is 26.8. The van der Waals surface area contributed by atoms with Gasteiger partial charge < -0.3 is 11.1 Å². The van der Waals surface area contributed by atoms with Gasteiger partial charge in [-0.15, -0.1) is 0 Å². The minimum absolute atomic E-state index is 0. The Balaban J connectivity index is 0.00000323. The van der Waals surface area contributed by atoms with Gasteiger partial charge in [0.2, 0.25) is 0 Å². The molecule has 0 spiro atoms. The number of rotatable bonds is 11. The fourth-order valence-corrected chi connectivity index (χ4v) is 5.45. The summed E-state index contributed by atoms with van der Waals surface area (Å²) in [4.78, 5) is 16.3. The first-order chi connectivity index (χ1) is 19.1. The summed E-state index contributed by atoms with van der Waals surface area (Å²) < 4.78 is 1.70. The molecule has 1 unspecified atom stereocenters. The number of amides is 1. The number of carbonyl (C=O) groups excluding carboxylic acids is 1. The van der Waals surface area contributed by atoms with Crippen LogP contribution in [0.15, 0.2) is 84.9 Å². The molecule has 0 aliphatic heterocycles. The quantitative estimate of drug-likeness (QED) is 0.223. The Labute approximate surface area is 238 Å². The normalized spacial score (nSPS) is 15.5. The Morgan fingerprint density at radius 1 is 0.925 bits per heavy atom. The van der Waals surface area contributed by atoms with Crippen LogP contribution in [0.1, 0.15) is 72.0 Å². The van der Waals surface area contributed by atoms with Crippen LogP contribution in [0.25, 0.3) is 5.69 Å². The van der Waals surface area contributed by atoms with Crippen LogP contribution < -0.4 is 11.1 Å². The third-order valence-corrected chi connectivity index (χ3v) is 7.77. The highest BCUT2D eigenvalue weighted by Crippen LogP contribution is 2.39. The summed E-state index contributed by atoms with van der Waals surface area (Å²) in [6.45, 7) is 4.60. The molecule has 2 aliphatic carbocycles. The van der Waals surface area contributed by atoms with Crippen molar-refractivity contribution in [3.05, 3.63) is 113 Å². The first kappa shape index (κ1) is 27.8. The van der Waals surface area contributed by atoms with Gasteiger partial charge in [-0.2, -0.15) is 5.10 Å². The van der Waals surface area contributed by atoms with Gasteiger partial charge in [0.05, 0.1) is 17.4 Å². The molecule has 2 fully saturated rings. The van der Waals surface area contributed by atoms with Gasteiger partial charge in [0, 0.05) is 25.3 Å². The van der Waals surface area contributed by atoms with E-state index in [1.807, 2.05) is 43.3 Å². The van der Waals surface area contributed by atoms with E-state index in [2.05, 4.69) is 63.8 Å². The summed E-state index contributed by atoms with van der Waals surface area (Å²) in [7, 11) is 0. The molecule has 0 radical (unpaired) electrons. The molecule has 0 saturated heterocycles. The largest absolute Gasteiger partial charge is 0.326 e. The van der Waals surface area contributed by atoms with E-state index in [1.165, 1.54) is 36.8 Å². The highest BCUT2D eigenvalue weighted by atomic mass is 16.2. The molecule has 4 aromatic rings. The predicted octanol–water partition coefficient (Wildman–Crippen LogP) is 6.74. The first-order valence-electron chi connectivity index (χ1n) is 14.1. The number of hydrogen-bond donors (Lipinski definition) is 2. The minimum Gasteiger partial charge on any atom is -0.326 e. The molecule has 3 N–H and O–H groups in total. The van der Waals surface area contributed by atoms with Crippen molar-refractivity contribution in [3.8, 4) is 5.69 Å². The number of nitrogens with zero attached hydrogens (tertiary/aromatic N) is 3. The van der Waals surface area contributed by atoms with Crippen molar-refractivity contribution < 1.29 is 4.79 Å². The molecule has 3 aromatic carbocycles. The maximum absolute atomic E-state index is 13.6. The predicted molar refractivity (Wildman–Crippen MR) is 163 cm³/mol. The molecule has 208 valence electrons. The number of carbonyl (C=O) groups is 1. The number of aromatic nitrogens is 2. The van der Waals surface area contributed by atoms with E-state index in [4.69, 9.17) is 5.73 Å². The average Bonchev–Trinajstić information content (AvgIpc) is 3.90.